The van der Waals surface area contributed by atoms with Crippen LogP contribution in [-0.2, 0) is 11.2 Å². The summed E-state index contributed by atoms with van der Waals surface area (Å²) in [5, 5.41) is 23.2. The molecule has 0 saturated carbocycles. The summed E-state index contributed by atoms with van der Waals surface area (Å²) >= 11 is 6.54. The SMILES string of the molecule is CCNC(=O)c1cc2c(c(Cl)c1O)CCN(C(=O)OC(C)(C)C)C[C@@H]2c1ccc(O)cc1. The van der Waals surface area contributed by atoms with Gasteiger partial charge in [0.25, 0.3) is 5.91 Å². The molecule has 7 nitrogen and oxygen atoms in total. The van der Waals surface area contributed by atoms with Crippen LogP contribution in [0, 0.1) is 0 Å². The molecule has 0 aromatic heterocycles. The number of carbonyl (C=O) groups excluding carboxylic acids is 2. The molecule has 0 unspecified atom stereocenters. The van der Waals surface area contributed by atoms with Crippen LogP contribution in [0.3, 0.4) is 0 Å². The van der Waals surface area contributed by atoms with Gasteiger partial charge in [-0.05, 0) is 69.0 Å². The summed E-state index contributed by atoms with van der Waals surface area (Å²) in [5.74, 6) is -0.913. The number of hydrogen-bond donors (Lipinski definition) is 3. The second kappa shape index (κ2) is 9.28. The number of ether oxygens (including phenoxy) is 1. The lowest BCUT2D eigenvalue weighted by Gasteiger charge is -2.29. The normalized spacial score (nSPS) is 16.2. The molecule has 2 amide bonds. The lowest BCUT2D eigenvalue weighted by molar-refractivity contribution is 0.0251. The maximum Gasteiger partial charge on any atom is 0.410 e. The third-order valence-corrected chi connectivity index (χ3v) is 5.72. The molecule has 2 aromatic carbocycles. The summed E-state index contributed by atoms with van der Waals surface area (Å²) in [6, 6.07) is 8.34. The Morgan fingerprint density at radius 3 is 2.47 bits per heavy atom. The number of carbonyl (C=O) groups is 2. The Kier molecular flexibility index (Phi) is 6.88. The van der Waals surface area contributed by atoms with E-state index in [-0.39, 0.29) is 28.0 Å². The second-order valence-electron chi connectivity index (χ2n) is 8.83. The minimum Gasteiger partial charge on any atom is -0.508 e. The number of phenols is 2. The van der Waals surface area contributed by atoms with Gasteiger partial charge in [0.05, 0.1) is 10.6 Å². The van der Waals surface area contributed by atoms with Gasteiger partial charge in [0.2, 0.25) is 0 Å². The molecule has 0 radical (unpaired) electrons. The van der Waals surface area contributed by atoms with Crippen molar-refractivity contribution < 1.29 is 24.5 Å². The van der Waals surface area contributed by atoms with Crippen LogP contribution in [0.2, 0.25) is 5.02 Å². The number of rotatable bonds is 3. The van der Waals surface area contributed by atoms with Crippen molar-refractivity contribution in [3.8, 4) is 11.5 Å². The van der Waals surface area contributed by atoms with Crippen LogP contribution in [-0.4, -0.2) is 52.3 Å². The van der Waals surface area contributed by atoms with E-state index in [4.69, 9.17) is 16.3 Å². The first-order chi connectivity index (χ1) is 15.0. The zero-order chi connectivity index (χ0) is 23.6. The van der Waals surface area contributed by atoms with Crippen molar-refractivity contribution in [3.63, 3.8) is 0 Å². The molecule has 8 heteroatoms. The van der Waals surface area contributed by atoms with Crippen LogP contribution in [0.1, 0.15) is 60.7 Å². The highest BCUT2D eigenvalue weighted by atomic mass is 35.5. The maximum atomic E-state index is 12.9. The molecule has 32 heavy (non-hydrogen) atoms. The van der Waals surface area contributed by atoms with Crippen molar-refractivity contribution >= 4 is 23.6 Å². The number of nitrogens with one attached hydrogen (secondary N) is 1. The van der Waals surface area contributed by atoms with Gasteiger partial charge in [-0.15, -0.1) is 0 Å². The van der Waals surface area contributed by atoms with Gasteiger partial charge in [-0.3, -0.25) is 4.79 Å². The van der Waals surface area contributed by atoms with Crippen LogP contribution in [0.4, 0.5) is 4.79 Å². The van der Waals surface area contributed by atoms with Gasteiger partial charge < -0.3 is 25.2 Å². The third-order valence-electron chi connectivity index (χ3n) is 5.32. The van der Waals surface area contributed by atoms with E-state index < -0.39 is 17.6 Å². The van der Waals surface area contributed by atoms with Gasteiger partial charge in [0.15, 0.2) is 0 Å². The van der Waals surface area contributed by atoms with Gasteiger partial charge in [0.1, 0.15) is 17.1 Å². The van der Waals surface area contributed by atoms with Gasteiger partial charge in [-0.1, -0.05) is 23.7 Å². The molecule has 0 spiro atoms. The van der Waals surface area contributed by atoms with E-state index in [0.29, 0.717) is 31.6 Å². The summed E-state index contributed by atoms with van der Waals surface area (Å²) in [5.41, 5.74) is 1.71. The smallest absolute Gasteiger partial charge is 0.410 e. The fourth-order valence-electron chi connectivity index (χ4n) is 3.83. The van der Waals surface area contributed by atoms with Crippen molar-refractivity contribution in [1.29, 1.82) is 0 Å². The summed E-state index contributed by atoms with van der Waals surface area (Å²) in [6.45, 7) is 8.25. The van der Waals surface area contributed by atoms with E-state index in [1.807, 2.05) is 20.8 Å². The number of benzene rings is 2. The van der Waals surface area contributed by atoms with Crippen LogP contribution < -0.4 is 5.32 Å². The summed E-state index contributed by atoms with van der Waals surface area (Å²) in [4.78, 5) is 27.1. The van der Waals surface area contributed by atoms with E-state index in [1.54, 1.807) is 42.2 Å². The van der Waals surface area contributed by atoms with Gasteiger partial charge >= 0.3 is 6.09 Å². The van der Waals surface area contributed by atoms with E-state index in [0.717, 1.165) is 11.1 Å². The molecular formula is C24H29ClN2O5. The molecule has 0 fully saturated rings. The largest absolute Gasteiger partial charge is 0.508 e. The number of phenolic OH excluding ortho intramolecular Hbond substituents is 2. The molecule has 0 aliphatic carbocycles. The van der Waals surface area contributed by atoms with Crippen molar-refractivity contribution in [2.45, 2.75) is 45.6 Å². The molecule has 1 aliphatic rings. The van der Waals surface area contributed by atoms with Gasteiger partial charge in [0, 0.05) is 25.6 Å². The Labute approximate surface area is 192 Å². The monoisotopic (exact) mass is 460 g/mol. The first-order valence-electron chi connectivity index (χ1n) is 10.6. The quantitative estimate of drug-likeness (QED) is 0.629. The summed E-state index contributed by atoms with van der Waals surface area (Å²) < 4.78 is 5.58. The van der Waals surface area contributed by atoms with Gasteiger partial charge in [-0.2, -0.15) is 0 Å². The Morgan fingerprint density at radius 2 is 1.88 bits per heavy atom. The van der Waals surface area contributed by atoms with E-state index in [9.17, 15) is 19.8 Å². The van der Waals surface area contributed by atoms with Crippen LogP contribution in [0.25, 0.3) is 0 Å². The average molecular weight is 461 g/mol. The number of aromatic hydroxyl groups is 2. The molecule has 172 valence electrons. The third kappa shape index (κ3) is 5.10. The van der Waals surface area contributed by atoms with E-state index >= 15 is 0 Å². The Morgan fingerprint density at radius 1 is 1.22 bits per heavy atom. The first kappa shape index (κ1) is 23.7. The second-order valence-corrected chi connectivity index (χ2v) is 9.21. The number of amides is 2. The lowest BCUT2D eigenvalue weighted by atomic mass is 9.86. The van der Waals surface area contributed by atoms with Crippen LogP contribution >= 0.6 is 11.6 Å². The minimum atomic E-state index is -0.647. The van der Waals surface area contributed by atoms with Gasteiger partial charge in [-0.25, -0.2) is 4.79 Å². The van der Waals surface area contributed by atoms with Crippen LogP contribution in [0.5, 0.6) is 11.5 Å². The molecule has 2 aromatic rings. The Balaban J connectivity index is 2.12. The topological polar surface area (TPSA) is 99.1 Å². The van der Waals surface area contributed by atoms with E-state index in [1.165, 1.54) is 0 Å². The minimum absolute atomic E-state index is 0.0881. The molecule has 0 saturated heterocycles. The number of halogens is 1. The Bertz CT molecular complexity index is 1010. The van der Waals surface area contributed by atoms with Crippen LogP contribution in [0.15, 0.2) is 30.3 Å². The van der Waals surface area contributed by atoms with Crippen molar-refractivity contribution in [2.75, 3.05) is 19.6 Å². The van der Waals surface area contributed by atoms with Crippen molar-refractivity contribution in [2.24, 2.45) is 0 Å². The lowest BCUT2D eigenvalue weighted by Crippen LogP contribution is -2.39. The number of nitrogens with zero attached hydrogens (tertiary/aromatic N) is 1. The molecule has 3 N–H and O–H groups in total. The molecule has 1 heterocycles. The molecule has 1 aliphatic heterocycles. The molecule has 0 bridgehead atoms. The predicted molar refractivity (Wildman–Crippen MR) is 123 cm³/mol. The summed E-state index contributed by atoms with van der Waals surface area (Å²) in [6.07, 6.45) is -0.0519. The maximum absolute atomic E-state index is 12.9. The highest BCUT2D eigenvalue weighted by Gasteiger charge is 2.33. The zero-order valence-corrected chi connectivity index (χ0v) is 19.5. The average Bonchev–Trinajstić information content (AvgIpc) is 2.90. The predicted octanol–water partition coefficient (Wildman–Crippen LogP) is 4.43. The Hall–Kier alpha value is -2.93. The van der Waals surface area contributed by atoms with Crippen molar-refractivity contribution in [3.05, 3.63) is 57.6 Å². The van der Waals surface area contributed by atoms with E-state index in [2.05, 4.69) is 5.32 Å². The highest BCUT2D eigenvalue weighted by Crippen LogP contribution is 2.41. The highest BCUT2D eigenvalue weighted by molar-refractivity contribution is 6.33. The summed E-state index contributed by atoms with van der Waals surface area (Å²) in [7, 11) is 0. The fourth-order valence-corrected chi connectivity index (χ4v) is 4.14. The molecular weight excluding hydrogens is 432 g/mol. The number of fused-ring (bicyclic) bond motifs is 1. The first-order valence-corrected chi connectivity index (χ1v) is 11.0. The fraction of sp³-hybridized carbons (Fsp3) is 0.417. The standard InChI is InChI=1S/C24H29ClN2O5/c1-5-26-22(30)18-12-17-16(20(25)21(18)29)10-11-27(23(31)32-24(2,3)4)13-19(17)14-6-8-15(28)9-7-14/h6-9,12,19,28-29H,5,10-11,13H2,1-4H3,(H,26,30)/t19-/m1/s1. The number of hydrogen-bond acceptors (Lipinski definition) is 5. The zero-order valence-electron chi connectivity index (χ0n) is 18.7. The van der Waals surface area contributed by atoms with Crippen molar-refractivity contribution in [1.82, 2.24) is 10.2 Å². The molecule has 3 rings (SSSR count). The molecule has 1 atom stereocenters.